The molecule has 28 heavy (non-hydrogen) atoms. The highest BCUT2D eigenvalue weighted by molar-refractivity contribution is 6.19. The van der Waals surface area contributed by atoms with Gasteiger partial charge in [-0.2, -0.15) is 0 Å². The van der Waals surface area contributed by atoms with E-state index in [-0.39, 0.29) is 30.2 Å². The molecule has 3 rings (SSSR count). The van der Waals surface area contributed by atoms with Gasteiger partial charge < -0.3 is 14.8 Å². The van der Waals surface area contributed by atoms with Crippen LogP contribution in [-0.2, 0) is 19.1 Å². The van der Waals surface area contributed by atoms with Crippen molar-refractivity contribution in [3.8, 4) is 5.75 Å². The first kappa shape index (κ1) is 19.1. The van der Waals surface area contributed by atoms with Crippen LogP contribution < -0.4 is 15.0 Å². The SMILES string of the molecule is COc1ccc(NC(=O)COC(=O)c2ccc(N3C(=O)CCC3=O)cc2)cc1. The normalized spacial score (nSPS) is 13.4. The number of esters is 1. The van der Waals surface area contributed by atoms with E-state index >= 15 is 0 Å². The van der Waals surface area contributed by atoms with E-state index in [1.165, 1.54) is 24.3 Å². The number of carbonyl (C=O) groups excluding carboxylic acids is 4. The molecule has 0 unspecified atom stereocenters. The zero-order valence-corrected chi connectivity index (χ0v) is 15.1. The molecule has 2 aromatic carbocycles. The third-order valence-electron chi connectivity index (χ3n) is 4.12. The maximum absolute atomic E-state index is 12.1. The van der Waals surface area contributed by atoms with Crippen molar-refractivity contribution in [2.45, 2.75) is 12.8 Å². The Morgan fingerprint density at radius 2 is 1.57 bits per heavy atom. The van der Waals surface area contributed by atoms with Crippen LogP contribution in [0, 0.1) is 0 Å². The van der Waals surface area contributed by atoms with E-state index < -0.39 is 18.5 Å². The summed E-state index contributed by atoms with van der Waals surface area (Å²) >= 11 is 0. The number of hydrogen-bond donors (Lipinski definition) is 1. The summed E-state index contributed by atoms with van der Waals surface area (Å²) in [4.78, 5) is 48.5. The summed E-state index contributed by atoms with van der Waals surface area (Å²) in [6.45, 7) is -0.449. The number of amides is 3. The molecule has 3 amide bonds. The molecule has 144 valence electrons. The number of anilines is 2. The summed E-state index contributed by atoms with van der Waals surface area (Å²) in [5.41, 5.74) is 1.16. The summed E-state index contributed by atoms with van der Waals surface area (Å²) < 4.78 is 10.0. The van der Waals surface area contributed by atoms with Crippen molar-refractivity contribution in [3.05, 3.63) is 54.1 Å². The first-order valence-corrected chi connectivity index (χ1v) is 8.55. The molecule has 1 saturated heterocycles. The quantitative estimate of drug-likeness (QED) is 0.607. The number of nitrogens with one attached hydrogen (secondary N) is 1. The van der Waals surface area contributed by atoms with E-state index in [4.69, 9.17) is 9.47 Å². The van der Waals surface area contributed by atoms with Gasteiger partial charge in [-0.15, -0.1) is 0 Å². The standard InChI is InChI=1S/C20H18N2O6/c1-27-16-8-4-14(5-9-16)21-17(23)12-28-20(26)13-2-6-15(7-3-13)22-18(24)10-11-19(22)25/h2-9H,10-12H2,1H3,(H,21,23). The smallest absolute Gasteiger partial charge is 0.338 e. The van der Waals surface area contributed by atoms with Gasteiger partial charge in [-0.3, -0.25) is 19.3 Å². The van der Waals surface area contributed by atoms with Crippen molar-refractivity contribution in [2.24, 2.45) is 0 Å². The van der Waals surface area contributed by atoms with Crippen LogP contribution in [0.25, 0.3) is 0 Å². The third-order valence-corrected chi connectivity index (χ3v) is 4.12. The van der Waals surface area contributed by atoms with Crippen LogP contribution in [0.3, 0.4) is 0 Å². The second kappa shape index (κ2) is 8.34. The molecule has 1 aliphatic heterocycles. The second-order valence-corrected chi connectivity index (χ2v) is 6.02. The third kappa shape index (κ3) is 4.35. The Morgan fingerprint density at radius 1 is 0.964 bits per heavy atom. The van der Waals surface area contributed by atoms with Crippen LogP contribution in [0.5, 0.6) is 5.75 Å². The summed E-state index contributed by atoms with van der Waals surface area (Å²) in [6.07, 6.45) is 0.373. The van der Waals surface area contributed by atoms with Gasteiger partial charge in [-0.05, 0) is 48.5 Å². The minimum Gasteiger partial charge on any atom is -0.497 e. The Morgan fingerprint density at radius 3 is 2.14 bits per heavy atom. The van der Waals surface area contributed by atoms with Gasteiger partial charge in [0.15, 0.2) is 6.61 Å². The molecular formula is C20H18N2O6. The number of imide groups is 1. The highest BCUT2D eigenvalue weighted by Gasteiger charge is 2.30. The van der Waals surface area contributed by atoms with E-state index in [9.17, 15) is 19.2 Å². The zero-order chi connectivity index (χ0) is 20.1. The predicted octanol–water partition coefficient (Wildman–Crippen LogP) is 2.14. The fraction of sp³-hybridized carbons (Fsp3) is 0.200. The molecule has 0 radical (unpaired) electrons. The fourth-order valence-electron chi connectivity index (χ4n) is 2.70. The van der Waals surface area contributed by atoms with E-state index in [0.717, 1.165) is 4.90 Å². The van der Waals surface area contributed by atoms with Crippen molar-refractivity contribution in [1.82, 2.24) is 0 Å². The van der Waals surface area contributed by atoms with Crippen LogP contribution >= 0.6 is 0 Å². The maximum atomic E-state index is 12.1. The van der Waals surface area contributed by atoms with Gasteiger partial charge in [-0.25, -0.2) is 4.79 Å². The van der Waals surface area contributed by atoms with Crippen LogP contribution in [0.15, 0.2) is 48.5 Å². The number of nitrogens with zero attached hydrogens (tertiary/aromatic N) is 1. The van der Waals surface area contributed by atoms with Gasteiger partial charge in [0.25, 0.3) is 5.91 Å². The maximum Gasteiger partial charge on any atom is 0.338 e. The van der Waals surface area contributed by atoms with Gasteiger partial charge in [-0.1, -0.05) is 0 Å². The molecule has 0 spiro atoms. The molecule has 2 aromatic rings. The number of ether oxygens (including phenoxy) is 2. The summed E-state index contributed by atoms with van der Waals surface area (Å²) in [6, 6.07) is 12.6. The lowest BCUT2D eigenvalue weighted by Gasteiger charge is -2.14. The van der Waals surface area contributed by atoms with Crippen molar-refractivity contribution >= 4 is 35.1 Å². The molecule has 0 atom stereocenters. The van der Waals surface area contributed by atoms with Gasteiger partial charge >= 0.3 is 5.97 Å². The average molecular weight is 382 g/mol. The number of benzene rings is 2. The zero-order valence-electron chi connectivity index (χ0n) is 15.1. The Labute approximate surface area is 161 Å². The van der Waals surface area contributed by atoms with E-state index in [1.807, 2.05) is 0 Å². The first-order chi connectivity index (χ1) is 13.5. The summed E-state index contributed by atoms with van der Waals surface area (Å²) in [7, 11) is 1.54. The number of methoxy groups -OCH3 is 1. The van der Waals surface area contributed by atoms with Crippen LogP contribution in [-0.4, -0.2) is 37.4 Å². The minimum atomic E-state index is -0.685. The molecular weight excluding hydrogens is 364 g/mol. The number of rotatable bonds is 6. The lowest BCUT2D eigenvalue weighted by Crippen LogP contribution is -2.28. The Balaban J connectivity index is 1.53. The van der Waals surface area contributed by atoms with E-state index in [1.54, 1.807) is 31.4 Å². The molecule has 0 saturated carbocycles. The number of carbonyl (C=O) groups is 4. The lowest BCUT2D eigenvalue weighted by atomic mass is 10.2. The molecule has 8 heteroatoms. The Kier molecular flexibility index (Phi) is 5.69. The fourth-order valence-corrected chi connectivity index (χ4v) is 2.70. The lowest BCUT2D eigenvalue weighted by molar-refractivity contribution is -0.121. The van der Waals surface area contributed by atoms with Gasteiger partial charge in [0.2, 0.25) is 11.8 Å². The number of hydrogen-bond acceptors (Lipinski definition) is 6. The Hall–Kier alpha value is -3.68. The van der Waals surface area contributed by atoms with Gasteiger partial charge in [0.05, 0.1) is 18.4 Å². The monoisotopic (exact) mass is 382 g/mol. The second-order valence-electron chi connectivity index (χ2n) is 6.02. The molecule has 1 aliphatic rings. The highest BCUT2D eigenvalue weighted by atomic mass is 16.5. The minimum absolute atomic E-state index is 0.186. The van der Waals surface area contributed by atoms with Crippen LogP contribution in [0.1, 0.15) is 23.2 Å². The van der Waals surface area contributed by atoms with Crippen LogP contribution in [0.4, 0.5) is 11.4 Å². The van der Waals surface area contributed by atoms with E-state index in [0.29, 0.717) is 17.1 Å². The molecule has 8 nitrogen and oxygen atoms in total. The predicted molar refractivity (Wildman–Crippen MR) is 100 cm³/mol. The average Bonchev–Trinajstić information content (AvgIpc) is 3.05. The van der Waals surface area contributed by atoms with Gasteiger partial charge in [0, 0.05) is 18.5 Å². The van der Waals surface area contributed by atoms with Crippen molar-refractivity contribution in [1.29, 1.82) is 0 Å². The van der Waals surface area contributed by atoms with Crippen molar-refractivity contribution < 1.29 is 28.7 Å². The molecule has 1 N–H and O–H groups in total. The summed E-state index contributed by atoms with van der Waals surface area (Å²) in [5.74, 6) is -1.05. The van der Waals surface area contributed by atoms with Crippen molar-refractivity contribution in [3.63, 3.8) is 0 Å². The van der Waals surface area contributed by atoms with E-state index in [2.05, 4.69) is 5.32 Å². The topological polar surface area (TPSA) is 102 Å². The Bertz CT molecular complexity index is 889. The van der Waals surface area contributed by atoms with Crippen LogP contribution in [0.2, 0.25) is 0 Å². The molecule has 1 heterocycles. The highest BCUT2D eigenvalue weighted by Crippen LogP contribution is 2.23. The largest absolute Gasteiger partial charge is 0.497 e. The summed E-state index contributed by atoms with van der Waals surface area (Å²) in [5, 5.41) is 2.60. The first-order valence-electron chi connectivity index (χ1n) is 8.55. The van der Waals surface area contributed by atoms with Crippen molar-refractivity contribution in [2.75, 3.05) is 23.9 Å². The molecule has 1 fully saturated rings. The molecule has 0 aliphatic carbocycles. The van der Waals surface area contributed by atoms with Gasteiger partial charge in [0.1, 0.15) is 5.75 Å². The molecule has 0 bridgehead atoms. The molecule has 0 aromatic heterocycles.